The number of primary amides is 1. The molecule has 0 spiro atoms. The topological polar surface area (TPSA) is 149 Å². The number of amides is 2. The first-order chi connectivity index (χ1) is 8.99. The van der Waals surface area contributed by atoms with E-state index in [0.29, 0.717) is 13.2 Å². The van der Waals surface area contributed by atoms with Crippen LogP contribution in [0.2, 0.25) is 0 Å². The van der Waals surface area contributed by atoms with E-state index in [1.165, 1.54) is 5.06 Å². The van der Waals surface area contributed by atoms with Crippen LogP contribution in [-0.4, -0.2) is 48.8 Å². The first-order valence-electron chi connectivity index (χ1n) is 5.67. The number of hydrogen-bond acceptors (Lipinski definition) is 8. The predicted molar refractivity (Wildman–Crippen MR) is 61.7 cm³/mol. The van der Waals surface area contributed by atoms with Crippen LogP contribution < -0.4 is 22.3 Å². The summed E-state index contributed by atoms with van der Waals surface area (Å²) in [6.07, 6.45) is 0.00269. The molecule has 0 bridgehead atoms. The van der Waals surface area contributed by atoms with Gasteiger partial charge in [-0.3, -0.25) is 4.79 Å². The van der Waals surface area contributed by atoms with Crippen molar-refractivity contribution < 1.29 is 24.1 Å². The summed E-state index contributed by atoms with van der Waals surface area (Å²) in [5, 5.41) is 4.46. The largest absolute Gasteiger partial charge is 0.367 e. The quantitative estimate of drug-likeness (QED) is 0.404. The molecule has 1 fully saturated rings. The van der Waals surface area contributed by atoms with Gasteiger partial charge in [-0.1, -0.05) is 0 Å². The van der Waals surface area contributed by atoms with Crippen molar-refractivity contribution in [3.8, 4) is 0 Å². The van der Waals surface area contributed by atoms with Gasteiger partial charge in [0.2, 0.25) is 0 Å². The number of hydrogen-bond donors (Lipinski definition) is 4. The lowest BCUT2D eigenvalue weighted by atomic mass is 10.2. The average molecular weight is 275 g/mol. The third-order valence-corrected chi connectivity index (χ3v) is 2.27. The molecule has 0 aliphatic carbocycles. The molecule has 1 heterocycles. The predicted octanol–water partition coefficient (Wildman–Crippen LogP) is -2.46. The highest BCUT2D eigenvalue weighted by molar-refractivity contribution is 5.79. The molecule has 0 aromatic carbocycles. The SMILES string of the molecule is NC(=O)NOC(=O)[C@@H](N)CCC(=O)ON1CCNC1. The highest BCUT2D eigenvalue weighted by Gasteiger charge is 2.20. The van der Waals surface area contributed by atoms with E-state index < -0.39 is 24.0 Å². The van der Waals surface area contributed by atoms with Crippen molar-refractivity contribution in [3.05, 3.63) is 0 Å². The van der Waals surface area contributed by atoms with Gasteiger partial charge < -0.3 is 26.5 Å². The molecule has 1 atom stereocenters. The molecule has 0 aromatic rings. The van der Waals surface area contributed by atoms with Gasteiger partial charge in [-0.15, -0.1) is 5.06 Å². The molecule has 19 heavy (non-hydrogen) atoms. The first kappa shape index (κ1) is 15.1. The summed E-state index contributed by atoms with van der Waals surface area (Å²) in [6.45, 7) is 1.84. The third-order valence-electron chi connectivity index (χ3n) is 2.27. The maximum atomic E-state index is 11.4. The molecule has 1 aliphatic heterocycles. The van der Waals surface area contributed by atoms with Crippen molar-refractivity contribution in [2.45, 2.75) is 18.9 Å². The Labute approximate surface area is 109 Å². The molecule has 0 aromatic heterocycles. The number of rotatable bonds is 5. The minimum atomic E-state index is -1.05. The summed E-state index contributed by atoms with van der Waals surface area (Å²) >= 11 is 0. The van der Waals surface area contributed by atoms with E-state index in [4.69, 9.17) is 16.3 Å². The second-order valence-corrected chi connectivity index (χ2v) is 3.86. The van der Waals surface area contributed by atoms with E-state index in [-0.39, 0.29) is 12.8 Å². The summed E-state index contributed by atoms with van der Waals surface area (Å²) < 4.78 is 0. The number of nitrogens with zero attached hydrogens (tertiary/aromatic N) is 1. The van der Waals surface area contributed by atoms with Crippen molar-refractivity contribution in [2.24, 2.45) is 11.5 Å². The minimum Gasteiger partial charge on any atom is -0.367 e. The summed E-state index contributed by atoms with van der Waals surface area (Å²) in [5.74, 6) is -1.37. The van der Waals surface area contributed by atoms with Gasteiger partial charge in [0.25, 0.3) is 0 Å². The molecule has 108 valence electrons. The standard InChI is InChI=1S/C9H17N5O5/c10-6(8(16)18-13-9(11)17)1-2-7(15)19-14-4-3-12-5-14/h6,12H,1-5,10H2,(H3,11,13,17)/t6-/m0/s1. The zero-order valence-electron chi connectivity index (χ0n) is 10.3. The smallest absolute Gasteiger partial charge is 0.348 e. The van der Waals surface area contributed by atoms with Gasteiger partial charge in [0.1, 0.15) is 6.04 Å². The molecule has 10 heteroatoms. The first-order valence-corrected chi connectivity index (χ1v) is 5.67. The van der Waals surface area contributed by atoms with Crippen molar-refractivity contribution in [3.63, 3.8) is 0 Å². The zero-order chi connectivity index (χ0) is 14.3. The molecule has 0 radical (unpaired) electrons. The Morgan fingerprint density at radius 2 is 2.16 bits per heavy atom. The summed E-state index contributed by atoms with van der Waals surface area (Å²) in [7, 11) is 0. The van der Waals surface area contributed by atoms with E-state index in [2.05, 4.69) is 10.2 Å². The van der Waals surface area contributed by atoms with Crippen LogP contribution in [0.4, 0.5) is 4.79 Å². The van der Waals surface area contributed by atoms with Crippen LogP contribution >= 0.6 is 0 Å². The van der Waals surface area contributed by atoms with Crippen LogP contribution in [0.15, 0.2) is 0 Å². The van der Waals surface area contributed by atoms with Crippen molar-refractivity contribution in [1.82, 2.24) is 15.9 Å². The normalized spacial score (nSPS) is 16.7. The monoisotopic (exact) mass is 275 g/mol. The van der Waals surface area contributed by atoms with Gasteiger partial charge in [-0.2, -0.15) is 5.48 Å². The third kappa shape index (κ3) is 5.99. The number of carbonyl (C=O) groups excluding carboxylic acids is 3. The summed E-state index contributed by atoms with van der Waals surface area (Å²) in [5.41, 5.74) is 11.8. The average Bonchev–Trinajstić information content (AvgIpc) is 2.85. The zero-order valence-corrected chi connectivity index (χ0v) is 10.3. The van der Waals surface area contributed by atoms with Crippen LogP contribution in [-0.2, 0) is 19.3 Å². The van der Waals surface area contributed by atoms with E-state index >= 15 is 0 Å². The molecular weight excluding hydrogens is 258 g/mol. The van der Waals surface area contributed by atoms with E-state index in [1.807, 2.05) is 0 Å². The minimum absolute atomic E-state index is 0.0384. The van der Waals surface area contributed by atoms with Crippen molar-refractivity contribution in [2.75, 3.05) is 19.8 Å². The van der Waals surface area contributed by atoms with E-state index in [0.717, 1.165) is 6.54 Å². The van der Waals surface area contributed by atoms with E-state index in [9.17, 15) is 14.4 Å². The molecule has 1 aliphatic rings. The molecule has 10 nitrogen and oxygen atoms in total. The number of carbonyl (C=O) groups is 3. The number of hydroxylamine groups is 3. The number of urea groups is 1. The van der Waals surface area contributed by atoms with Crippen LogP contribution in [0, 0.1) is 0 Å². The summed E-state index contributed by atoms with van der Waals surface area (Å²) in [4.78, 5) is 42.2. The maximum Gasteiger partial charge on any atom is 0.348 e. The van der Waals surface area contributed by atoms with Gasteiger partial charge in [0, 0.05) is 19.5 Å². The lowest BCUT2D eigenvalue weighted by Gasteiger charge is -2.14. The van der Waals surface area contributed by atoms with Gasteiger partial charge in [0.15, 0.2) is 0 Å². The Kier molecular flexibility index (Phi) is 5.99. The molecule has 1 rings (SSSR count). The molecule has 6 N–H and O–H groups in total. The van der Waals surface area contributed by atoms with Gasteiger partial charge >= 0.3 is 18.0 Å². The summed E-state index contributed by atoms with van der Waals surface area (Å²) in [6, 6.07) is -2.06. The Morgan fingerprint density at radius 1 is 1.42 bits per heavy atom. The van der Waals surface area contributed by atoms with E-state index in [1.54, 1.807) is 5.48 Å². The second-order valence-electron chi connectivity index (χ2n) is 3.86. The molecule has 0 saturated carbocycles. The van der Waals surface area contributed by atoms with Crippen LogP contribution in [0.25, 0.3) is 0 Å². The highest BCUT2D eigenvalue weighted by Crippen LogP contribution is 2.02. The van der Waals surface area contributed by atoms with Gasteiger partial charge in [-0.05, 0) is 6.42 Å². The van der Waals surface area contributed by atoms with Crippen molar-refractivity contribution in [1.29, 1.82) is 0 Å². The lowest BCUT2D eigenvalue weighted by molar-refractivity contribution is -0.185. The van der Waals surface area contributed by atoms with Crippen LogP contribution in [0.1, 0.15) is 12.8 Å². The number of nitrogens with one attached hydrogen (secondary N) is 2. The molecule has 1 saturated heterocycles. The van der Waals surface area contributed by atoms with Gasteiger partial charge in [0.05, 0.1) is 6.67 Å². The second kappa shape index (κ2) is 7.51. The fourth-order valence-corrected chi connectivity index (χ4v) is 1.32. The Bertz CT molecular complexity index is 344. The Morgan fingerprint density at radius 3 is 2.74 bits per heavy atom. The van der Waals surface area contributed by atoms with Crippen LogP contribution in [0.3, 0.4) is 0 Å². The van der Waals surface area contributed by atoms with Crippen LogP contribution in [0.5, 0.6) is 0 Å². The van der Waals surface area contributed by atoms with Crippen molar-refractivity contribution >= 4 is 18.0 Å². The fraction of sp³-hybridized carbons (Fsp3) is 0.667. The molecule has 0 unspecified atom stereocenters. The maximum absolute atomic E-state index is 11.4. The molecular formula is C9H17N5O5. The Hall–Kier alpha value is -1.91. The molecule has 2 amide bonds. The Balaban J connectivity index is 2.17. The number of nitrogens with two attached hydrogens (primary N) is 2. The fourth-order valence-electron chi connectivity index (χ4n) is 1.32. The highest BCUT2D eigenvalue weighted by atomic mass is 16.7. The van der Waals surface area contributed by atoms with Gasteiger partial charge in [-0.25, -0.2) is 9.59 Å². The lowest BCUT2D eigenvalue weighted by Crippen LogP contribution is -2.40.